The zero-order valence-electron chi connectivity index (χ0n) is 16.8. The summed E-state index contributed by atoms with van der Waals surface area (Å²) in [5.74, 6) is 3.44. The van der Waals surface area contributed by atoms with Crippen molar-refractivity contribution >= 4 is 35.6 Å². The molecule has 0 radical (unpaired) electrons. The number of para-hydroxylation sites is 2. The molecule has 7 nitrogen and oxygen atoms in total. The fraction of sp³-hybridized carbons (Fsp3) is 0.381. The Balaban J connectivity index is 0.00000240. The average molecular weight is 510 g/mol. The summed E-state index contributed by atoms with van der Waals surface area (Å²) < 4.78 is 16.3. The Hall–Kier alpha value is -2.36. The quantitative estimate of drug-likeness (QED) is 0.388. The van der Waals surface area contributed by atoms with Crippen molar-refractivity contribution in [3.63, 3.8) is 0 Å². The van der Waals surface area contributed by atoms with Gasteiger partial charge < -0.3 is 29.3 Å². The third-order valence-electron chi connectivity index (χ3n) is 5.10. The van der Waals surface area contributed by atoms with Crippen LogP contribution in [0.1, 0.15) is 5.56 Å². The van der Waals surface area contributed by atoms with Crippen molar-refractivity contribution in [3.8, 4) is 17.2 Å². The molecule has 156 valence electrons. The summed E-state index contributed by atoms with van der Waals surface area (Å²) in [6, 6.07) is 14.2. The first-order valence-electron chi connectivity index (χ1n) is 9.50. The molecule has 0 spiro atoms. The van der Waals surface area contributed by atoms with Gasteiger partial charge >= 0.3 is 0 Å². The van der Waals surface area contributed by atoms with Crippen LogP contribution in [0.4, 0.5) is 5.69 Å². The summed E-state index contributed by atoms with van der Waals surface area (Å²) in [5.41, 5.74) is 2.28. The topological polar surface area (TPSA) is 58.6 Å². The molecular formula is C21H27IN4O3. The second-order valence-corrected chi connectivity index (χ2v) is 6.73. The number of benzene rings is 2. The van der Waals surface area contributed by atoms with E-state index >= 15 is 0 Å². The average Bonchev–Trinajstić information content (AvgIpc) is 3.22. The molecule has 0 aliphatic carbocycles. The second kappa shape index (κ2) is 9.91. The number of nitrogens with one attached hydrogen (secondary N) is 1. The van der Waals surface area contributed by atoms with Gasteiger partial charge in [-0.3, -0.25) is 4.99 Å². The molecule has 1 N–H and O–H groups in total. The van der Waals surface area contributed by atoms with Crippen molar-refractivity contribution in [3.05, 3.63) is 48.0 Å². The van der Waals surface area contributed by atoms with Gasteiger partial charge in [0, 0.05) is 39.8 Å². The molecule has 2 aromatic rings. The van der Waals surface area contributed by atoms with E-state index in [-0.39, 0.29) is 24.0 Å². The summed E-state index contributed by atoms with van der Waals surface area (Å²) >= 11 is 0. The number of fused-ring (bicyclic) bond motifs is 1. The molecule has 0 atom stereocenters. The Kier molecular flexibility index (Phi) is 7.29. The Labute approximate surface area is 188 Å². The summed E-state index contributed by atoms with van der Waals surface area (Å²) in [7, 11) is 3.55. The SMILES string of the molecule is CN=C(NCc1ccc2c(c1)OCO2)N1CCN(c2ccccc2OC)CC1.I. The van der Waals surface area contributed by atoms with E-state index in [0.29, 0.717) is 13.3 Å². The highest BCUT2D eigenvalue weighted by molar-refractivity contribution is 14.0. The van der Waals surface area contributed by atoms with Crippen LogP contribution in [0.25, 0.3) is 0 Å². The lowest BCUT2D eigenvalue weighted by atomic mass is 10.2. The van der Waals surface area contributed by atoms with Crippen LogP contribution in [0.5, 0.6) is 17.2 Å². The maximum atomic E-state index is 5.50. The van der Waals surface area contributed by atoms with Crippen molar-refractivity contribution in [2.24, 2.45) is 4.99 Å². The fourth-order valence-corrected chi connectivity index (χ4v) is 3.61. The van der Waals surface area contributed by atoms with E-state index in [1.54, 1.807) is 7.11 Å². The first-order valence-corrected chi connectivity index (χ1v) is 9.50. The number of piperazine rings is 1. The number of rotatable bonds is 4. The van der Waals surface area contributed by atoms with Gasteiger partial charge in [-0.05, 0) is 29.8 Å². The minimum absolute atomic E-state index is 0. The standard InChI is InChI=1S/C21H26N4O3.HI/c1-22-21(23-14-16-7-8-19-20(13-16)28-15-27-19)25-11-9-24(10-12-25)17-5-3-4-6-18(17)26-2;/h3-8,13H,9-12,14-15H2,1-2H3,(H,22,23);1H. The minimum atomic E-state index is 0. The minimum Gasteiger partial charge on any atom is -0.495 e. The van der Waals surface area contributed by atoms with Crippen LogP contribution < -0.4 is 24.4 Å². The van der Waals surface area contributed by atoms with Crippen molar-refractivity contribution in [2.75, 3.05) is 52.0 Å². The van der Waals surface area contributed by atoms with Crippen molar-refractivity contribution in [2.45, 2.75) is 6.54 Å². The van der Waals surface area contributed by atoms with Gasteiger partial charge in [-0.2, -0.15) is 0 Å². The molecule has 2 heterocycles. The zero-order chi connectivity index (χ0) is 19.3. The number of ether oxygens (including phenoxy) is 3. The van der Waals surface area contributed by atoms with Crippen molar-refractivity contribution < 1.29 is 14.2 Å². The monoisotopic (exact) mass is 510 g/mol. The first-order chi connectivity index (χ1) is 13.8. The Morgan fingerprint density at radius 3 is 2.59 bits per heavy atom. The summed E-state index contributed by atoms with van der Waals surface area (Å²) in [6.45, 7) is 4.63. The van der Waals surface area contributed by atoms with E-state index in [4.69, 9.17) is 14.2 Å². The summed E-state index contributed by atoms with van der Waals surface area (Å²) in [6.07, 6.45) is 0. The fourth-order valence-electron chi connectivity index (χ4n) is 3.61. The molecule has 2 aliphatic rings. The Morgan fingerprint density at radius 2 is 1.83 bits per heavy atom. The maximum Gasteiger partial charge on any atom is 0.231 e. The number of anilines is 1. The number of hydrogen-bond donors (Lipinski definition) is 1. The molecule has 1 fully saturated rings. The molecule has 2 aromatic carbocycles. The van der Waals surface area contributed by atoms with E-state index in [2.05, 4.69) is 32.2 Å². The predicted molar refractivity (Wildman–Crippen MR) is 125 cm³/mol. The van der Waals surface area contributed by atoms with E-state index in [1.165, 1.54) is 0 Å². The predicted octanol–water partition coefficient (Wildman–Crippen LogP) is 2.94. The molecule has 8 heteroatoms. The number of nitrogens with zero attached hydrogens (tertiary/aromatic N) is 3. The zero-order valence-corrected chi connectivity index (χ0v) is 19.1. The largest absolute Gasteiger partial charge is 0.495 e. The lowest BCUT2D eigenvalue weighted by Gasteiger charge is -2.38. The number of guanidine groups is 1. The molecule has 1 saturated heterocycles. The first kappa shape index (κ1) is 21.4. The molecule has 0 aromatic heterocycles. The van der Waals surface area contributed by atoms with Crippen LogP contribution in [0, 0.1) is 0 Å². The highest BCUT2D eigenvalue weighted by atomic mass is 127. The van der Waals surface area contributed by atoms with E-state index in [9.17, 15) is 0 Å². The molecule has 0 saturated carbocycles. The highest BCUT2D eigenvalue weighted by Gasteiger charge is 2.21. The van der Waals surface area contributed by atoms with Gasteiger partial charge in [0.1, 0.15) is 5.75 Å². The summed E-state index contributed by atoms with van der Waals surface area (Å²) in [5, 5.41) is 3.46. The van der Waals surface area contributed by atoms with Crippen molar-refractivity contribution in [1.29, 1.82) is 0 Å². The molecule has 0 bridgehead atoms. The number of methoxy groups -OCH3 is 1. The van der Waals surface area contributed by atoms with E-state index in [1.807, 2.05) is 37.4 Å². The highest BCUT2D eigenvalue weighted by Crippen LogP contribution is 2.32. The second-order valence-electron chi connectivity index (χ2n) is 6.73. The third kappa shape index (κ3) is 4.80. The number of halogens is 1. The van der Waals surface area contributed by atoms with Gasteiger partial charge in [0.15, 0.2) is 17.5 Å². The van der Waals surface area contributed by atoms with Gasteiger partial charge in [-0.1, -0.05) is 18.2 Å². The lowest BCUT2D eigenvalue weighted by molar-refractivity contribution is 0.174. The third-order valence-corrected chi connectivity index (χ3v) is 5.10. The molecular weight excluding hydrogens is 483 g/mol. The van der Waals surface area contributed by atoms with Crippen LogP contribution in [0.15, 0.2) is 47.5 Å². The van der Waals surface area contributed by atoms with Crippen LogP contribution in [-0.2, 0) is 6.54 Å². The lowest BCUT2D eigenvalue weighted by Crippen LogP contribution is -2.52. The smallest absolute Gasteiger partial charge is 0.231 e. The van der Waals surface area contributed by atoms with Crippen molar-refractivity contribution in [1.82, 2.24) is 10.2 Å². The molecule has 2 aliphatic heterocycles. The van der Waals surface area contributed by atoms with Crippen LogP contribution >= 0.6 is 24.0 Å². The van der Waals surface area contributed by atoms with E-state index < -0.39 is 0 Å². The summed E-state index contributed by atoms with van der Waals surface area (Å²) in [4.78, 5) is 9.12. The Bertz CT molecular complexity index is 854. The normalized spacial score (nSPS) is 15.7. The van der Waals surface area contributed by atoms with Gasteiger partial charge in [-0.25, -0.2) is 0 Å². The van der Waals surface area contributed by atoms with Gasteiger partial charge in [0.05, 0.1) is 12.8 Å². The van der Waals surface area contributed by atoms with Gasteiger partial charge in [0.25, 0.3) is 0 Å². The Morgan fingerprint density at radius 1 is 1.07 bits per heavy atom. The van der Waals surface area contributed by atoms with Gasteiger partial charge in [0.2, 0.25) is 6.79 Å². The van der Waals surface area contributed by atoms with Gasteiger partial charge in [-0.15, -0.1) is 24.0 Å². The molecule has 0 unspecified atom stereocenters. The molecule has 4 rings (SSSR count). The molecule has 0 amide bonds. The van der Waals surface area contributed by atoms with E-state index in [0.717, 1.165) is 60.6 Å². The maximum absolute atomic E-state index is 5.50. The molecule has 29 heavy (non-hydrogen) atoms. The van der Waals surface area contributed by atoms with Crippen LogP contribution in [-0.4, -0.2) is 58.0 Å². The number of hydrogen-bond acceptors (Lipinski definition) is 5. The van der Waals surface area contributed by atoms with Crippen LogP contribution in [0.2, 0.25) is 0 Å². The van der Waals surface area contributed by atoms with Crippen LogP contribution in [0.3, 0.4) is 0 Å². The number of aliphatic imine (C=N–C) groups is 1.